The Labute approximate surface area is 257 Å². The van der Waals surface area contributed by atoms with Gasteiger partial charge < -0.3 is 34.0 Å². The zero-order valence-corrected chi connectivity index (χ0v) is 25.6. The van der Waals surface area contributed by atoms with Crippen LogP contribution in [0.1, 0.15) is 60.2 Å². The van der Waals surface area contributed by atoms with E-state index in [9.17, 15) is 37.1 Å². The molecule has 1 aromatic carbocycles. The van der Waals surface area contributed by atoms with Gasteiger partial charge in [-0.2, -0.15) is 13.2 Å². The number of nitrogens with one attached hydrogen (secondary N) is 1. The monoisotopic (exact) mass is 634 g/mol. The average Bonchev–Trinajstić information content (AvgIpc) is 3.28. The molecule has 11 nitrogen and oxygen atoms in total. The highest BCUT2D eigenvalue weighted by molar-refractivity contribution is 6.04. The van der Waals surface area contributed by atoms with E-state index in [1.165, 1.54) is 34.9 Å². The van der Waals surface area contributed by atoms with E-state index in [2.05, 4.69) is 5.32 Å². The summed E-state index contributed by atoms with van der Waals surface area (Å²) in [6.45, 7) is 2.71. The van der Waals surface area contributed by atoms with E-state index in [1.807, 2.05) is 0 Å². The van der Waals surface area contributed by atoms with E-state index >= 15 is 0 Å². The molecule has 1 saturated heterocycles. The van der Waals surface area contributed by atoms with Crippen molar-refractivity contribution in [1.82, 2.24) is 19.4 Å². The third-order valence-corrected chi connectivity index (χ3v) is 7.18. The van der Waals surface area contributed by atoms with Crippen molar-refractivity contribution in [1.29, 1.82) is 0 Å². The van der Waals surface area contributed by atoms with Crippen LogP contribution in [0.4, 0.5) is 13.2 Å². The van der Waals surface area contributed by atoms with Crippen LogP contribution in [0.2, 0.25) is 0 Å². The molecule has 45 heavy (non-hydrogen) atoms. The second-order valence-corrected chi connectivity index (χ2v) is 10.8. The van der Waals surface area contributed by atoms with Gasteiger partial charge in [-0.05, 0) is 39.2 Å². The maximum atomic E-state index is 13.8. The minimum atomic E-state index is -4.74. The highest BCUT2D eigenvalue weighted by Crippen LogP contribution is 2.33. The summed E-state index contributed by atoms with van der Waals surface area (Å²) in [5.74, 6) is -1.88. The fourth-order valence-corrected chi connectivity index (χ4v) is 5.05. The number of halogens is 3. The summed E-state index contributed by atoms with van der Waals surface area (Å²) in [4.78, 5) is 62.8. The molecule has 2 amide bonds. The number of piperidine rings is 1. The van der Waals surface area contributed by atoms with Crippen molar-refractivity contribution < 1.29 is 42.2 Å². The van der Waals surface area contributed by atoms with Gasteiger partial charge in [0.25, 0.3) is 11.5 Å². The van der Waals surface area contributed by atoms with Crippen LogP contribution in [0, 0.1) is 0 Å². The highest BCUT2D eigenvalue weighted by Gasteiger charge is 2.34. The first-order valence-corrected chi connectivity index (χ1v) is 14.4. The Morgan fingerprint density at radius 1 is 1.07 bits per heavy atom. The van der Waals surface area contributed by atoms with Gasteiger partial charge in [-0.1, -0.05) is 37.3 Å². The van der Waals surface area contributed by atoms with Crippen molar-refractivity contribution in [2.75, 3.05) is 26.3 Å². The second-order valence-electron chi connectivity index (χ2n) is 10.8. The van der Waals surface area contributed by atoms with E-state index in [0.717, 1.165) is 0 Å². The molecule has 0 bridgehead atoms. The predicted molar refractivity (Wildman–Crippen MR) is 159 cm³/mol. The van der Waals surface area contributed by atoms with Crippen molar-refractivity contribution in [3.8, 4) is 5.75 Å². The normalized spacial score (nSPS) is 13.6. The van der Waals surface area contributed by atoms with E-state index in [1.54, 1.807) is 43.3 Å². The first-order chi connectivity index (χ1) is 21.2. The summed E-state index contributed by atoms with van der Waals surface area (Å²) in [5.41, 5.74) is 0.0224. The molecule has 0 saturated carbocycles. The van der Waals surface area contributed by atoms with Gasteiger partial charge in [0.2, 0.25) is 5.91 Å². The Hall–Kier alpha value is -4.46. The lowest BCUT2D eigenvalue weighted by Crippen LogP contribution is -2.47. The number of amides is 2. The van der Waals surface area contributed by atoms with E-state index in [0.29, 0.717) is 30.5 Å². The van der Waals surface area contributed by atoms with Gasteiger partial charge in [0.05, 0.1) is 12.1 Å². The summed E-state index contributed by atoms with van der Waals surface area (Å²) in [5, 5.41) is 11.6. The largest absolute Gasteiger partial charge is 0.481 e. The summed E-state index contributed by atoms with van der Waals surface area (Å²) >= 11 is 0. The number of aliphatic hydroxyl groups excluding tert-OH is 1. The van der Waals surface area contributed by atoms with E-state index < -0.39 is 48.6 Å². The third kappa shape index (κ3) is 8.81. The van der Waals surface area contributed by atoms with Crippen LogP contribution in [0.3, 0.4) is 0 Å². The number of aromatic nitrogens is 2. The number of Topliss-reactive ketones (excluding diaryl/α,β-unsaturated/α-hetero) is 2. The van der Waals surface area contributed by atoms with Crippen molar-refractivity contribution in [3.05, 3.63) is 63.7 Å². The second kappa shape index (κ2) is 15.0. The third-order valence-electron chi connectivity index (χ3n) is 7.18. The number of carbonyl (C=O) groups is 4. The molecule has 3 heterocycles. The van der Waals surface area contributed by atoms with Gasteiger partial charge in [0.1, 0.15) is 17.8 Å². The zero-order valence-electron chi connectivity index (χ0n) is 25.6. The number of benzene rings is 1. The van der Waals surface area contributed by atoms with Gasteiger partial charge in [0, 0.05) is 37.4 Å². The van der Waals surface area contributed by atoms with Gasteiger partial charge in [0.15, 0.2) is 23.8 Å². The molecular weight excluding hydrogens is 597 g/mol. The maximum absolute atomic E-state index is 13.8. The number of hydrogen-bond acceptors (Lipinski definition) is 7. The van der Waals surface area contributed by atoms with E-state index in [-0.39, 0.29) is 47.8 Å². The van der Waals surface area contributed by atoms with Crippen molar-refractivity contribution in [2.24, 2.45) is 7.05 Å². The zero-order chi connectivity index (χ0) is 33.5. The molecule has 1 aliphatic heterocycles. The predicted octanol–water partition coefficient (Wildman–Crippen LogP) is 3.03. The molecule has 14 heteroatoms. The SMILES string of the molecule is CC(C)=O.CCc1cc2c(c(OCC(F)(F)F)c(C(=O)NC3CCN(C(=O)CO)CC3)n2C)c(=O)n1CC(=O)c1ccccc1. The van der Waals surface area contributed by atoms with Gasteiger partial charge in [-0.25, -0.2) is 0 Å². The summed E-state index contributed by atoms with van der Waals surface area (Å²) < 4.78 is 47.3. The van der Waals surface area contributed by atoms with Crippen LogP contribution >= 0.6 is 0 Å². The van der Waals surface area contributed by atoms with Crippen LogP contribution in [-0.2, 0) is 29.6 Å². The Bertz CT molecular complexity index is 1600. The molecule has 0 spiro atoms. The lowest BCUT2D eigenvalue weighted by Gasteiger charge is -2.32. The fourth-order valence-electron chi connectivity index (χ4n) is 5.05. The number of fused-ring (bicyclic) bond motifs is 1. The van der Waals surface area contributed by atoms with Crippen LogP contribution in [0.15, 0.2) is 41.2 Å². The molecule has 0 unspecified atom stereocenters. The van der Waals surface area contributed by atoms with Crippen LogP contribution in [0.25, 0.3) is 10.9 Å². The number of hydrogen-bond donors (Lipinski definition) is 2. The lowest BCUT2D eigenvalue weighted by atomic mass is 10.0. The topological polar surface area (TPSA) is 140 Å². The minimum absolute atomic E-state index is 0.167. The lowest BCUT2D eigenvalue weighted by molar-refractivity contribution is -0.153. The summed E-state index contributed by atoms with van der Waals surface area (Å²) in [7, 11) is 1.46. The van der Waals surface area contributed by atoms with Crippen molar-refractivity contribution in [2.45, 2.75) is 58.8 Å². The number of ketones is 2. The quantitative estimate of drug-likeness (QED) is 0.345. The molecular formula is C31H37F3N4O7. The molecule has 2 N–H and O–H groups in total. The molecule has 3 aromatic rings. The maximum Gasteiger partial charge on any atom is 0.422 e. The molecule has 244 valence electrons. The first-order valence-electron chi connectivity index (χ1n) is 14.4. The number of carbonyl (C=O) groups excluding carboxylic acids is 4. The summed E-state index contributed by atoms with van der Waals surface area (Å²) in [6.07, 6.45) is -3.67. The molecule has 4 rings (SSSR count). The van der Waals surface area contributed by atoms with Gasteiger partial charge in [-0.3, -0.25) is 19.2 Å². The Morgan fingerprint density at radius 2 is 1.67 bits per heavy atom. The molecule has 1 aliphatic rings. The van der Waals surface area contributed by atoms with E-state index in [4.69, 9.17) is 9.84 Å². The van der Waals surface area contributed by atoms with Crippen molar-refractivity contribution >= 4 is 34.3 Å². The molecule has 0 aliphatic carbocycles. The Balaban J connectivity index is 0.00000130. The van der Waals surface area contributed by atoms with Crippen LogP contribution in [-0.4, -0.2) is 81.0 Å². The molecule has 0 radical (unpaired) electrons. The highest BCUT2D eigenvalue weighted by atomic mass is 19.4. The number of rotatable bonds is 9. The minimum Gasteiger partial charge on any atom is -0.481 e. The number of likely N-dealkylation sites (tertiary alicyclic amines) is 1. The van der Waals surface area contributed by atoms with Gasteiger partial charge >= 0.3 is 6.18 Å². The smallest absolute Gasteiger partial charge is 0.422 e. The fraction of sp³-hybridized carbons (Fsp3) is 0.452. The van der Waals surface area contributed by atoms with Crippen LogP contribution in [0.5, 0.6) is 5.75 Å². The number of alkyl halides is 3. The summed E-state index contributed by atoms with van der Waals surface area (Å²) in [6, 6.07) is 9.48. The first kappa shape index (κ1) is 35.0. The average molecular weight is 635 g/mol. The van der Waals surface area contributed by atoms with Crippen LogP contribution < -0.4 is 15.6 Å². The number of aryl methyl sites for hydroxylation is 2. The molecule has 2 aromatic heterocycles. The van der Waals surface area contributed by atoms with Gasteiger partial charge in [-0.15, -0.1) is 0 Å². The molecule has 0 atom stereocenters. The number of ether oxygens (including phenoxy) is 1. The Morgan fingerprint density at radius 3 is 2.20 bits per heavy atom. The standard InChI is InChI=1S/C28H31F3N4O6.C3H6O/c1-3-19-13-20-23(27(40)35(19)14-21(37)17-7-5-4-6-8-17)25(41-16-28(29,30)31)24(33(20)2)26(39)32-18-9-11-34(12-10-18)22(38)15-36;1-3(2)4/h4-8,13,18,36H,3,9-12,14-16H2,1-2H3,(H,32,39);1-2H3. The Kier molecular flexibility index (Phi) is 11.7. The van der Waals surface area contributed by atoms with Crippen molar-refractivity contribution in [3.63, 3.8) is 0 Å². The number of nitrogens with zero attached hydrogens (tertiary/aromatic N) is 3. The number of pyridine rings is 1. The number of aliphatic hydroxyl groups is 1. The molecule has 1 fully saturated rings.